The molecule has 0 amide bonds. The quantitative estimate of drug-likeness (QED) is 0.774. The van der Waals surface area contributed by atoms with Gasteiger partial charge in [0, 0.05) is 17.3 Å². The average molecular weight is 283 g/mol. The van der Waals surface area contributed by atoms with Crippen molar-refractivity contribution in [1.82, 2.24) is 9.38 Å². The van der Waals surface area contributed by atoms with Crippen LogP contribution in [-0.4, -0.2) is 21.6 Å². The van der Waals surface area contributed by atoms with E-state index in [1.165, 1.54) is 0 Å². The summed E-state index contributed by atoms with van der Waals surface area (Å²) in [5, 5.41) is 9.42. The van der Waals surface area contributed by atoms with Gasteiger partial charge >= 0.3 is 0 Å². The summed E-state index contributed by atoms with van der Waals surface area (Å²) >= 11 is 0. The fourth-order valence-corrected chi connectivity index (χ4v) is 2.49. The Morgan fingerprint density at radius 3 is 2.81 bits per heavy atom. The Balaban J connectivity index is 2.23. The van der Waals surface area contributed by atoms with Crippen LogP contribution in [0.1, 0.15) is 11.1 Å². The predicted octanol–water partition coefficient (Wildman–Crippen LogP) is 2.39. The molecular formula is C16H17N3O2. The zero-order valence-corrected chi connectivity index (χ0v) is 12.0. The van der Waals surface area contributed by atoms with Gasteiger partial charge in [-0.1, -0.05) is 6.07 Å². The SMILES string of the molecule is COc1ccc(-c2nc3c(CO)cccn3c2N)c(C)c1. The number of aliphatic hydroxyl groups excluding tert-OH is 1. The summed E-state index contributed by atoms with van der Waals surface area (Å²) in [6.07, 6.45) is 1.85. The minimum absolute atomic E-state index is 0.0676. The van der Waals surface area contributed by atoms with Crippen molar-refractivity contribution in [1.29, 1.82) is 0 Å². The topological polar surface area (TPSA) is 72.8 Å². The van der Waals surface area contributed by atoms with E-state index in [-0.39, 0.29) is 6.61 Å². The average Bonchev–Trinajstić information content (AvgIpc) is 2.84. The van der Waals surface area contributed by atoms with Crippen molar-refractivity contribution in [2.75, 3.05) is 12.8 Å². The van der Waals surface area contributed by atoms with Gasteiger partial charge in [0.05, 0.1) is 13.7 Å². The van der Waals surface area contributed by atoms with Crippen LogP contribution in [0.15, 0.2) is 36.5 Å². The molecule has 3 N–H and O–H groups in total. The molecule has 108 valence electrons. The van der Waals surface area contributed by atoms with E-state index < -0.39 is 0 Å². The molecule has 0 bridgehead atoms. The molecule has 21 heavy (non-hydrogen) atoms. The van der Waals surface area contributed by atoms with Crippen molar-refractivity contribution >= 4 is 11.5 Å². The third-order valence-corrected chi connectivity index (χ3v) is 3.63. The highest BCUT2D eigenvalue weighted by Crippen LogP contribution is 2.31. The highest BCUT2D eigenvalue weighted by Gasteiger charge is 2.15. The summed E-state index contributed by atoms with van der Waals surface area (Å²) in [6.45, 7) is 1.93. The van der Waals surface area contributed by atoms with Crippen molar-refractivity contribution in [3.05, 3.63) is 47.7 Å². The number of nitrogen functional groups attached to an aromatic ring is 1. The maximum atomic E-state index is 9.42. The zero-order chi connectivity index (χ0) is 15.0. The normalized spacial score (nSPS) is 11.0. The van der Waals surface area contributed by atoms with Gasteiger partial charge in [-0.3, -0.25) is 4.40 Å². The number of ether oxygens (including phenoxy) is 1. The van der Waals surface area contributed by atoms with Gasteiger partial charge < -0.3 is 15.6 Å². The van der Waals surface area contributed by atoms with E-state index in [9.17, 15) is 5.11 Å². The Kier molecular flexibility index (Phi) is 3.27. The number of hydrogen-bond donors (Lipinski definition) is 2. The molecule has 0 aliphatic carbocycles. The molecule has 0 fully saturated rings. The lowest BCUT2D eigenvalue weighted by Crippen LogP contribution is -1.96. The number of aryl methyl sites for hydroxylation is 1. The maximum Gasteiger partial charge on any atom is 0.144 e. The summed E-state index contributed by atoms with van der Waals surface area (Å²) in [5.74, 6) is 1.36. The van der Waals surface area contributed by atoms with Crippen LogP contribution in [0.3, 0.4) is 0 Å². The molecular weight excluding hydrogens is 266 g/mol. The van der Waals surface area contributed by atoms with Crippen LogP contribution in [0, 0.1) is 6.92 Å². The second-order valence-electron chi connectivity index (χ2n) is 4.91. The number of nitrogens with zero attached hydrogens (tertiary/aromatic N) is 2. The molecule has 0 saturated carbocycles. The number of imidazole rings is 1. The lowest BCUT2D eigenvalue weighted by atomic mass is 10.1. The van der Waals surface area contributed by atoms with Gasteiger partial charge in [-0.2, -0.15) is 0 Å². The molecule has 3 rings (SSSR count). The first-order valence-corrected chi connectivity index (χ1v) is 6.67. The van der Waals surface area contributed by atoms with Crippen LogP contribution in [0.4, 0.5) is 5.82 Å². The number of pyridine rings is 1. The van der Waals surface area contributed by atoms with Gasteiger partial charge in [0.1, 0.15) is 22.9 Å². The summed E-state index contributed by atoms with van der Waals surface area (Å²) < 4.78 is 7.02. The summed E-state index contributed by atoms with van der Waals surface area (Å²) in [6, 6.07) is 9.48. The van der Waals surface area contributed by atoms with Crippen molar-refractivity contribution in [2.24, 2.45) is 0 Å². The van der Waals surface area contributed by atoms with E-state index in [0.717, 1.165) is 28.1 Å². The minimum Gasteiger partial charge on any atom is -0.497 e. The number of rotatable bonds is 3. The summed E-state index contributed by atoms with van der Waals surface area (Å²) in [5.41, 5.74) is 10.4. The molecule has 1 aromatic carbocycles. The lowest BCUT2D eigenvalue weighted by molar-refractivity contribution is 0.282. The van der Waals surface area contributed by atoms with E-state index in [4.69, 9.17) is 10.5 Å². The van der Waals surface area contributed by atoms with Crippen molar-refractivity contribution in [2.45, 2.75) is 13.5 Å². The van der Waals surface area contributed by atoms with Crippen LogP contribution < -0.4 is 10.5 Å². The molecule has 5 heteroatoms. The van der Waals surface area contributed by atoms with Crippen LogP contribution >= 0.6 is 0 Å². The molecule has 0 aliphatic rings. The maximum absolute atomic E-state index is 9.42. The fourth-order valence-electron chi connectivity index (χ4n) is 2.49. The van der Waals surface area contributed by atoms with Crippen molar-refractivity contribution in [3.8, 4) is 17.0 Å². The van der Waals surface area contributed by atoms with Gasteiger partial charge in [0.2, 0.25) is 0 Å². The Bertz CT molecular complexity index is 809. The fraction of sp³-hybridized carbons (Fsp3) is 0.188. The number of nitrogens with two attached hydrogens (primary N) is 1. The molecule has 0 unspecified atom stereocenters. The monoisotopic (exact) mass is 283 g/mol. The first-order chi connectivity index (χ1) is 10.2. The van der Waals surface area contributed by atoms with Crippen LogP contribution in [-0.2, 0) is 6.61 Å². The van der Waals surface area contributed by atoms with E-state index in [2.05, 4.69) is 4.98 Å². The highest BCUT2D eigenvalue weighted by atomic mass is 16.5. The van der Waals surface area contributed by atoms with Gasteiger partial charge in [0.25, 0.3) is 0 Å². The molecule has 0 radical (unpaired) electrons. The molecule has 3 aromatic rings. The number of hydrogen-bond acceptors (Lipinski definition) is 4. The number of fused-ring (bicyclic) bond motifs is 1. The Hall–Kier alpha value is -2.53. The van der Waals surface area contributed by atoms with Crippen molar-refractivity contribution in [3.63, 3.8) is 0 Å². The largest absolute Gasteiger partial charge is 0.497 e. The standard InChI is InChI=1S/C16H17N3O2/c1-10-8-12(21-2)5-6-13(10)14-15(17)19-7-3-4-11(9-20)16(19)18-14/h3-8,20H,9,17H2,1-2H3. The van der Waals surface area contributed by atoms with E-state index in [1.807, 2.05) is 43.5 Å². The van der Waals surface area contributed by atoms with E-state index in [0.29, 0.717) is 11.5 Å². The zero-order valence-electron chi connectivity index (χ0n) is 12.0. The molecule has 0 atom stereocenters. The third kappa shape index (κ3) is 2.11. The minimum atomic E-state index is -0.0676. The van der Waals surface area contributed by atoms with Crippen molar-refractivity contribution < 1.29 is 9.84 Å². The van der Waals surface area contributed by atoms with E-state index >= 15 is 0 Å². The molecule has 0 spiro atoms. The van der Waals surface area contributed by atoms with Gasteiger partial charge in [-0.15, -0.1) is 0 Å². The number of aliphatic hydroxyl groups is 1. The Morgan fingerprint density at radius 2 is 2.14 bits per heavy atom. The van der Waals surface area contributed by atoms with Gasteiger partial charge in [-0.25, -0.2) is 4.98 Å². The molecule has 2 heterocycles. The number of methoxy groups -OCH3 is 1. The molecule has 0 saturated heterocycles. The molecule has 2 aromatic heterocycles. The number of benzene rings is 1. The summed E-state index contributed by atoms with van der Waals surface area (Å²) in [7, 11) is 1.64. The third-order valence-electron chi connectivity index (χ3n) is 3.63. The number of aromatic nitrogens is 2. The van der Waals surface area contributed by atoms with Crippen LogP contribution in [0.25, 0.3) is 16.9 Å². The number of anilines is 1. The van der Waals surface area contributed by atoms with Crippen LogP contribution in [0.2, 0.25) is 0 Å². The van der Waals surface area contributed by atoms with Crippen LogP contribution in [0.5, 0.6) is 5.75 Å². The lowest BCUT2D eigenvalue weighted by Gasteiger charge is -2.06. The Morgan fingerprint density at radius 1 is 1.33 bits per heavy atom. The Labute approximate surface area is 122 Å². The summed E-state index contributed by atoms with van der Waals surface area (Å²) in [4.78, 5) is 4.61. The van der Waals surface area contributed by atoms with Gasteiger partial charge in [0.15, 0.2) is 0 Å². The van der Waals surface area contributed by atoms with Gasteiger partial charge in [-0.05, 0) is 36.8 Å². The second kappa shape index (κ2) is 5.10. The highest BCUT2D eigenvalue weighted by molar-refractivity contribution is 5.78. The molecule has 5 nitrogen and oxygen atoms in total. The predicted molar refractivity (Wildman–Crippen MR) is 82.3 cm³/mol. The first kappa shape index (κ1) is 13.5. The molecule has 0 aliphatic heterocycles. The second-order valence-corrected chi connectivity index (χ2v) is 4.91. The van der Waals surface area contributed by atoms with E-state index in [1.54, 1.807) is 11.5 Å². The smallest absolute Gasteiger partial charge is 0.144 e. The first-order valence-electron chi connectivity index (χ1n) is 6.67.